The number of H-pyrrole nitrogens is 1. The third-order valence-electron chi connectivity index (χ3n) is 4.89. The number of aromatic nitrogens is 3. The summed E-state index contributed by atoms with van der Waals surface area (Å²) in [4.78, 5) is 23.6. The lowest BCUT2D eigenvalue weighted by Crippen LogP contribution is -2.18. The molecule has 1 aromatic carbocycles. The fourth-order valence-corrected chi connectivity index (χ4v) is 4.52. The van der Waals surface area contributed by atoms with Crippen LogP contribution in [0.25, 0.3) is 22.2 Å². The van der Waals surface area contributed by atoms with Crippen LogP contribution in [0.5, 0.6) is 0 Å². The molecule has 0 spiro atoms. The average Bonchev–Trinajstić information content (AvgIpc) is 3.19. The van der Waals surface area contributed by atoms with Crippen molar-refractivity contribution in [2.45, 2.75) is 13.3 Å². The van der Waals surface area contributed by atoms with Crippen LogP contribution in [0.15, 0.2) is 48.9 Å². The van der Waals surface area contributed by atoms with Crippen LogP contribution in [0, 0.1) is 17.6 Å². The average molecular weight is 474 g/mol. The predicted octanol–water partition coefficient (Wildman–Crippen LogP) is 4.42. The lowest BCUT2D eigenvalue weighted by Gasteiger charge is -2.11. The highest BCUT2D eigenvalue weighted by atomic mass is 32.2. The Hall–Kier alpha value is -3.73. The molecule has 0 atom stereocenters. The van der Waals surface area contributed by atoms with E-state index >= 15 is 4.39 Å². The lowest BCUT2D eigenvalue weighted by molar-refractivity contribution is 0.103. The van der Waals surface area contributed by atoms with Gasteiger partial charge in [0.2, 0.25) is 21.8 Å². The maximum absolute atomic E-state index is 15.1. The second-order valence-corrected chi connectivity index (χ2v) is 9.07. The van der Waals surface area contributed by atoms with E-state index in [1.54, 1.807) is 13.0 Å². The normalized spacial score (nSPS) is 11.6. The van der Waals surface area contributed by atoms with Crippen LogP contribution in [-0.2, 0) is 10.0 Å². The second-order valence-electron chi connectivity index (χ2n) is 7.22. The minimum absolute atomic E-state index is 0.0831. The van der Waals surface area contributed by atoms with Crippen molar-refractivity contribution in [3.63, 3.8) is 0 Å². The molecule has 0 unspecified atom stereocenters. The van der Waals surface area contributed by atoms with Crippen molar-refractivity contribution in [1.29, 1.82) is 0 Å². The van der Waals surface area contributed by atoms with E-state index in [9.17, 15) is 22.0 Å². The summed E-state index contributed by atoms with van der Waals surface area (Å²) in [5.41, 5.74) is -0.342. The Morgan fingerprint density at radius 1 is 1.09 bits per heavy atom. The highest BCUT2D eigenvalue weighted by Gasteiger charge is 2.26. The van der Waals surface area contributed by atoms with Gasteiger partial charge in [-0.1, -0.05) is 6.92 Å². The van der Waals surface area contributed by atoms with E-state index in [-0.39, 0.29) is 28.8 Å². The summed E-state index contributed by atoms with van der Waals surface area (Å²) in [6.07, 6.45) is 4.26. The van der Waals surface area contributed by atoms with Gasteiger partial charge in [-0.05, 0) is 36.2 Å². The van der Waals surface area contributed by atoms with Crippen molar-refractivity contribution in [1.82, 2.24) is 15.0 Å². The molecule has 33 heavy (non-hydrogen) atoms. The smallest absolute Gasteiger partial charge is 0.232 e. The molecule has 0 saturated heterocycles. The maximum Gasteiger partial charge on any atom is 0.232 e. The van der Waals surface area contributed by atoms with Crippen LogP contribution in [0.4, 0.5) is 18.9 Å². The van der Waals surface area contributed by atoms with E-state index in [0.717, 1.165) is 12.1 Å². The van der Waals surface area contributed by atoms with Crippen molar-refractivity contribution in [3.05, 3.63) is 77.6 Å². The van der Waals surface area contributed by atoms with Gasteiger partial charge >= 0.3 is 0 Å². The number of halogens is 3. The quantitative estimate of drug-likeness (QED) is 0.305. The fraction of sp³-hybridized carbons (Fsp3) is 0.136. The summed E-state index contributed by atoms with van der Waals surface area (Å²) in [5.74, 6) is -4.45. The Balaban J connectivity index is 1.79. The van der Waals surface area contributed by atoms with E-state index in [1.165, 1.54) is 30.7 Å². The lowest BCUT2D eigenvalue weighted by atomic mass is 10.00. The van der Waals surface area contributed by atoms with Gasteiger partial charge in [-0.25, -0.2) is 27.2 Å². The number of pyridine rings is 2. The van der Waals surface area contributed by atoms with Gasteiger partial charge in [0.05, 0.1) is 17.0 Å². The van der Waals surface area contributed by atoms with Gasteiger partial charge < -0.3 is 4.98 Å². The van der Waals surface area contributed by atoms with E-state index in [2.05, 4.69) is 15.0 Å². The number of hydrogen-bond acceptors (Lipinski definition) is 5. The Kier molecular flexibility index (Phi) is 5.90. The standard InChI is InChI=1S/C22H17F3N4O3S/c1-2-7-33(31,32)29-17-4-3-16(23)19(20(17)25)21(30)15-11-28-22-14(15)8-13(10-27-22)12-5-6-26-18(24)9-12/h3-6,8-11,29H,2,7H2,1H3,(H,27,28). The summed E-state index contributed by atoms with van der Waals surface area (Å²) < 4.78 is 69.2. The van der Waals surface area contributed by atoms with Crippen LogP contribution < -0.4 is 4.72 Å². The first-order valence-corrected chi connectivity index (χ1v) is 11.5. The second kappa shape index (κ2) is 8.66. The Labute approximate surface area is 186 Å². The van der Waals surface area contributed by atoms with Crippen molar-refractivity contribution in [3.8, 4) is 11.1 Å². The van der Waals surface area contributed by atoms with Crippen molar-refractivity contribution in [2.24, 2.45) is 0 Å². The van der Waals surface area contributed by atoms with Gasteiger partial charge in [0.25, 0.3) is 0 Å². The first-order chi connectivity index (χ1) is 15.7. The number of sulfonamides is 1. The summed E-state index contributed by atoms with van der Waals surface area (Å²) in [5, 5.41) is 0.255. The summed E-state index contributed by atoms with van der Waals surface area (Å²) in [6.45, 7) is 1.63. The molecule has 0 aliphatic carbocycles. The van der Waals surface area contributed by atoms with E-state index in [4.69, 9.17) is 0 Å². The van der Waals surface area contributed by atoms with Crippen LogP contribution in [0.1, 0.15) is 29.3 Å². The van der Waals surface area contributed by atoms with Crippen LogP contribution in [0.2, 0.25) is 0 Å². The number of nitrogens with zero attached hydrogens (tertiary/aromatic N) is 2. The maximum atomic E-state index is 15.1. The topological polar surface area (TPSA) is 105 Å². The fourth-order valence-electron chi connectivity index (χ4n) is 3.39. The Bertz CT molecular complexity index is 1490. The minimum atomic E-state index is -3.87. The van der Waals surface area contributed by atoms with Crippen LogP contribution in [0.3, 0.4) is 0 Å². The summed E-state index contributed by atoms with van der Waals surface area (Å²) in [6, 6.07) is 6.00. The third-order valence-corrected chi connectivity index (χ3v) is 6.37. The Morgan fingerprint density at radius 3 is 2.61 bits per heavy atom. The molecule has 4 rings (SSSR count). The molecule has 11 heteroatoms. The van der Waals surface area contributed by atoms with Gasteiger partial charge in [-0.2, -0.15) is 4.39 Å². The molecule has 0 radical (unpaired) electrons. The van der Waals surface area contributed by atoms with Crippen LogP contribution in [-0.4, -0.2) is 34.9 Å². The SMILES string of the molecule is CCCS(=O)(=O)Nc1ccc(F)c(C(=O)c2c[nH]c3ncc(-c4ccnc(F)c4)cc23)c1F. The van der Waals surface area contributed by atoms with Gasteiger partial charge in [0.1, 0.15) is 11.5 Å². The molecule has 0 aliphatic rings. The molecular weight excluding hydrogens is 457 g/mol. The first-order valence-electron chi connectivity index (χ1n) is 9.82. The number of anilines is 1. The minimum Gasteiger partial charge on any atom is -0.345 e. The third kappa shape index (κ3) is 4.44. The van der Waals surface area contributed by atoms with Gasteiger partial charge in [0, 0.05) is 41.2 Å². The molecule has 170 valence electrons. The molecule has 4 aromatic rings. The molecule has 7 nitrogen and oxygen atoms in total. The number of hydrogen-bond donors (Lipinski definition) is 2. The van der Waals surface area contributed by atoms with E-state index < -0.39 is 44.6 Å². The molecule has 0 saturated carbocycles. The molecule has 0 bridgehead atoms. The zero-order valence-corrected chi connectivity index (χ0v) is 18.0. The molecule has 2 N–H and O–H groups in total. The zero-order valence-electron chi connectivity index (χ0n) is 17.2. The number of carbonyl (C=O) groups excluding carboxylic acids is 1. The zero-order chi connectivity index (χ0) is 23.8. The monoisotopic (exact) mass is 474 g/mol. The number of carbonyl (C=O) groups is 1. The number of fused-ring (bicyclic) bond motifs is 1. The van der Waals surface area contributed by atoms with Crippen molar-refractivity contribution >= 4 is 32.5 Å². The van der Waals surface area contributed by atoms with Gasteiger partial charge in [-0.3, -0.25) is 9.52 Å². The largest absolute Gasteiger partial charge is 0.345 e. The number of benzene rings is 1. The molecule has 0 fully saturated rings. The number of ketones is 1. The number of rotatable bonds is 7. The van der Waals surface area contributed by atoms with E-state index in [0.29, 0.717) is 11.1 Å². The molecule has 3 heterocycles. The summed E-state index contributed by atoms with van der Waals surface area (Å²) >= 11 is 0. The van der Waals surface area contributed by atoms with E-state index in [1.807, 2.05) is 4.72 Å². The molecule has 0 amide bonds. The van der Waals surface area contributed by atoms with Crippen LogP contribution >= 0.6 is 0 Å². The highest BCUT2D eigenvalue weighted by Crippen LogP contribution is 2.29. The first kappa shape index (κ1) is 22.5. The molecular formula is C22H17F3N4O3S. The summed E-state index contributed by atoms with van der Waals surface area (Å²) in [7, 11) is -3.87. The molecule has 0 aliphatic heterocycles. The molecule has 3 aromatic heterocycles. The highest BCUT2D eigenvalue weighted by molar-refractivity contribution is 7.92. The van der Waals surface area contributed by atoms with Gasteiger partial charge in [-0.15, -0.1) is 0 Å². The van der Waals surface area contributed by atoms with Crippen molar-refractivity contribution in [2.75, 3.05) is 10.5 Å². The predicted molar refractivity (Wildman–Crippen MR) is 117 cm³/mol. The Morgan fingerprint density at radius 2 is 1.88 bits per heavy atom. The van der Waals surface area contributed by atoms with Gasteiger partial charge in [0.15, 0.2) is 5.82 Å². The number of aromatic amines is 1. The van der Waals surface area contributed by atoms with Crippen molar-refractivity contribution < 1.29 is 26.4 Å². The number of nitrogens with one attached hydrogen (secondary N) is 2.